The van der Waals surface area contributed by atoms with Gasteiger partial charge in [-0.2, -0.15) is 0 Å². The lowest BCUT2D eigenvalue weighted by Crippen LogP contribution is -2.27. The summed E-state index contributed by atoms with van der Waals surface area (Å²) in [7, 11) is 0. The van der Waals surface area contributed by atoms with E-state index in [9.17, 15) is 4.79 Å². The van der Waals surface area contributed by atoms with E-state index in [1.807, 2.05) is 69.3 Å². The van der Waals surface area contributed by atoms with E-state index in [-0.39, 0.29) is 11.7 Å². The quantitative estimate of drug-likeness (QED) is 0.704. The fourth-order valence-corrected chi connectivity index (χ4v) is 2.49. The van der Waals surface area contributed by atoms with Gasteiger partial charge in [0.1, 0.15) is 5.78 Å². The first kappa shape index (κ1) is 16.1. The molecule has 0 atom stereocenters. The smallest absolute Gasteiger partial charge is 0.150 e. The first-order valence-electron chi connectivity index (χ1n) is 6.84. The minimum absolute atomic E-state index is 0.173. The molecule has 0 aliphatic heterocycles. The Balaban J connectivity index is 2.51. The lowest BCUT2D eigenvalue weighted by molar-refractivity contribution is -0.126. The Morgan fingerprint density at radius 2 is 1.14 bits per heavy atom. The summed E-state index contributed by atoms with van der Waals surface area (Å²) >= 11 is 11.9. The van der Waals surface area contributed by atoms with E-state index in [4.69, 9.17) is 23.2 Å². The van der Waals surface area contributed by atoms with Gasteiger partial charge >= 0.3 is 0 Å². The van der Waals surface area contributed by atoms with E-state index in [0.717, 1.165) is 11.1 Å². The second kappa shape index (κ2) is 6.21. The zero-order valence-corrected chi connectivity index (χ0v) is 13.9. The van der Waals surface area contributed by atoms with Gasteiger partial charge in [0.2, 0.25) is 0 Å². The minimum atomic E-state index is -0.427. The molecule has 0 unspecified atom stereocenters. The number of hydrogen-bond donors (Lipinski definition) is 0. The van der Waals surface area contributed by atoms with Gasteiger partial charge in [-0.15, -0.1) is 0 Å². The highest BCUT2D eigenvalue weighted by Gasteiger charge is 2.31. The highest BCUT2D eigenvalue weighted by atomic mass is 35.5. The average molecular weight is 321 g/mol. The number of ketones is 1. The third-order valence-corrected chi connectivity index (χ3v) is 3.91. The number of Topliss-reactive ketones (excluding diaryl/α,β-unsaturated/α-hetero) is 1. The molecule has 0 saturated heterocycles. The Kier molecular flexibility index (Phi) is 4.75. The Labute approximate surface area is 135 Å². The van der Waals surface area contributed by atoms with E-state index in [2.05, 4.69) is 0 Å². The molecule has 0 N–H and O–H groups in total. The molecule has 0 amide bonds. The summed E-state index contributed by atoms with van der Waals surface area (Å²) in [6, 6.07) is 14.9. The Hall–Kier alpha value is -1.31. The zero-order chi connectivity index (χ0) is 15.6. The molecular weight excluding hydrogens is 303 g/mol. The van der Waals surface area contributed by atoms with Crippen molar-refractivity contribution in [3.8, 4) is 0 Å². The predicted molar refractivity (Wildman–Crippen MR) is 89.2 cm³/mol. The number of hydrogen-bond acceptors (Lipinski definition) is 1. The lowest BCUT2D eigenvalue weighted by atomic mass is 9.77. The van der Waals surface area contributed by atoms with Crippen molar-refractivity contribution in [3.05, 3.63) is 69.7 Å². The van der Waals surface area contributed by atoms with Crippen molar-refractivity contribution in [2.24, 2.45) is 5.41 Å². The second-order valence-corrected chi connectivity index (χ2v) is 7.02. The van der Waals surface area contributed by atoms with Crippen molar-refractivity contribution in [1.29, 1.82) is 0 Å². The third-order valence-electron chi connectivity index (χ3n) is 3.41. The molecular formula is C18H18Cl2O. The van der Waals surface area contributed by atoms with Gasteiger partial charge in [-0.05, 0) is 35.4 Å². The Bertz CT molecular complexity index is 576. The molecule has 0 radical (unpaired) electrons. The molecule has 0 aliphatic carbocycles. The molecule has 0 aromatic heterocycles. The van der Waals surface area contributed by atoms with E-state index < -0.39 is 5.41 Å². The number of benzene rings is 2. The summed E-state index contributed by atoms with van der Waals surface area (Å²) in [4.78, 5) is 12.9. The summed E-state index contributed by atoms with van der Waals surface area (Å²) in [5.41, 5.74) is 1.47. The fraction of sp³-hybridized carbons (Fsp3) is 0.278. The van der Waals surface area contributed by atoms with Gasteiger partial charge in [-0.3, -0.25) is 4.79 Å². The van der Waals surface area contributed by atoms with Crippen LogP contribution >= 0.6 is 23.2 Å². The van der Waals surface area contributed by atoms with Crippen molar-refractivity contribution in [1.82, 2.24) is 0 Å². The van der Waals surface area contributed by atoms with Gasteiger partial charge in [-0.25, -0.2) is 0 Å². The summed E-state index contributed by atoms with van der Waals surface area (Å²) in [6.45, 7) is 5.82. The first-order chi connectivity index (χ1) is 9.79. The molecule has 1 nitrogen and oxygen atoms in total. The molecule has 2 aromatic rings. The number of carbonyl (C=O) groups is 1. The summed E-state index contributed by atoms with van der Waals surface area (Å²) in [6.07, 6.45) is 0. The van der Waals surface area contributed by atoms with Crippen LogP contribution in [0.4, 0.5) is 0 Å². The van der Waals surface area contributed by atoms with E-state index in [1.165, 1.54) is 0 Å². The van der Waals surface area contributed by atoms with Gasteiger partial charge in [0.05, 0.1) is 5.92 Å². The van der Waals surface area contributed by atoms with Gasteiger partial charge in [-0.1, -0.05) is 68.2 Å². The molecule has 3 heteroatoms. The Morgan fingerprint density at radius 3 is 1.43 bits per heavy atom. The molecule has 0 heterocycles. The van der Waals surface area contributed by atoms with Crippen molar-refractivity contribution < 1.29 is 4.79 Å². The van der Waals surface area contributed by atoms with Crippen LogP contribution in [0.15, 0.2) is 48.5 Å². The van der Waals surface area contributed by atoms with E-state index >= 15 is 0 Å². The van der Waals surface area contributed by atoms with Crippen molar-refractivity contribution in [2.45, 2.75) is 26.7 Å². The number of carbonyl (C=O) groups excluding carboxylic acids is 1. The van der Waals surface area contributed by atoms with Crippen LogP contribution in [0.3, 0.4) is 0 Å². The lowest BCUT2D eigenvalue weighted by Gasteiger charge is -2.25. The molecule has 0 spiro atoms. The third kappa shape index (κ3) is 3.87. The molecule has 2 aromatic carbocycles. The number of halogens is 2. The normalized spacial score (nSPS) is 11.7. The maximum Gasteiger partial charge on any atom is 0.150 e. The van der Waals surface area contributed by atoms with Gasteiger partial charge in [0.25, 0.3) is 0 Å². The predicted octanol–water partition coefficient (Wildman–Crippen LogP) is 5.74. The Morgan fingerprint density at radius 1 is 0.810 bits per heavy atom. The fourth-order valence-electron chi connectivity index (χ4n) is 2.24. The molecule has 0 bridgehead atoms. The molecule has 0 saturated carbocycles. The number of rotatable bonds is 3. The van der Waals surface area contributed by atoms with Gasteiger partial charge in [0, 0.05) is 15.5 Å². The van der Waals surface area contributed by atoms with Crippen LogP contribution in [-0.4, -0.2) is 5.78 Å². The van der Waals surface area contributed by atoms with Crippen molar-refractivity contribution >= 4 is 29.0 Å². The average Bonchev–Trinajstić information content (AvgIpc) is 2.42. The van der Waals surface area contributed by atoms with Crippen molar-refractivity contribution in [3.63, 3.8) is 0 Å². The highest BCUT2D eigenvalue weighted by molar-refractivity contribution is 6.30. The molecule has 0 aliphatic rings. The standard InChI is InChI=1S/C18H18Cl2O/c1-18(2,3)17(21)16(12-4-8-14(19)9-5-12)13-6-10-15(20)11-7-13/h4-11,16H,1-3H3. The molecule has 21 heavy (non-hydrogen) atoms. The topological polar surface area (TPSA) is 17.1 Å². The van der Waals surface area contributed by atoms with Crippen LogP contribution in [0, 0.1) is 5.41 Å². The van der Waals surface area contributed by atoms with Crippen LogP contribution in [0.1, 0.15) is 37.8 Å². The molecule has 110 valence electrons. The molecule has 0 fully saturated rings. The maximum atomic E-state index is 12.9. The maximum absolute atomic E-state index is 12.9. The van der Waals surface area contributed by atoms with E-state index in [0.29, 0.717) is 10.0 Å². The van der Waals surface area contributed by atoms with Gasteiger partial charge < -0.3 is 0 Å². The van der Waals surface area contributed by atoms with Crippen LogP contribution in [0.25, 0.3) is 0 Å². The highest BCUT2D eigenvalue weighted by Crippen LogP contribution is 2.34. The van der Waals surface area contributed by atoms with Crippen LogP contribution in [0.2, 0.25) is 10.0 Å². The van der Waals surface area contributed by atoms with E-state index in [1.54, 1.807) is 0 Å². The summed E-state index contributed by atoms with van der Waals surface area (Å²) in [5.74, 6) is -0.133. The zero-order valence-electron chi connectivity index (χ0n) is 12.4. The SMILES string of the molecule is CC(C)(C)C(=O)C(c1ccc(Cl)cc1)c1ccc(Cl)cc1. The van der Waals surface area contributed by atoms with Crippen LogP contribution < -0.4 is 0 Å². The monoisotopic (exact) mass is 320 g/mol. The van der Waals surface area contributed by atoms with Gasteiger partial charge in [0.15, 0.2) is 0 Å². The summed E-state index contributed by atoms with van der Waals surface area (Å²) < 4.78 is 0. The van der Waals surface area contributed by atoms with Crippen LogP contribution in [-0.2, 0) is 4.79 Å². The first-order valence-corrected chi connectivity index (χ1v) is 7.60. The van der Waals surface area contributed by atoms with Crippen molar-refractivity contribution in [2.75, 3.05) is 0 Å². The second-order valence-electron chi connectivity index (χ2n) is 6.15. The summed E-state index contributed by atoms with van der Waals surface area (Å²) in [5, 5.41) is 1.33. The molecule has 2 rings (SSSR count). The minimum Gasteiger partial charge on any atom is -0.298 e. The largest absolute Gasteiger partial charge is 0.298 e. The van der Waals surface area contributed by atoms with Crippen LogP contribution in [0.5, 0.6) is 0 Å².